The van der Waals surface area contributed by atoms with Crippen LogP contribution in [0.3, 0.4) is 0 Å². The fourth-order valence-electron chi connectivity index (χ4n) is 1.86. The van der Waals surface area contributed by atoms with Crippen molar-refractivity contribution < 1.29 is 4.74 Å². The fraction of sp³-hybridized carbons (Fsp3) is 0.538. The molecule has 0 aromatic heterocycles. The van der Waals surface area contributed by atoms with Crippen molar-refractivity contribution in [2.45, 2.75) is 39.2 Å². The summed E-state index contributed by atoms with van der Waals surface area (Å²) in [5.41, 5.74) is 7.99. The maximum atomic E-state index is 6.09. The third kappa shape index (κ3) is 3.39. The number of nitrogens with two attached hydrogens (primary N) is 1. The monoisotopic (exact) mass is 241 g/mol. The van der Waals surface area contributed by atoms with Crippen molar-refractivity contribution >= 4 is 11.6 Å². The zero-order valence-electron chi connectivity index (χ0n) is 10.4. The summed E-state index contributed by atoms with van der Waals surface area (Å²) in [6, 6.07) is 3.89. The molecule has 2 N–H and O–H groups in total. The molecule has 0 spiro atoms. The SMILES string of the molecule is CCc1cc(Cl)cc(CC(C)(C)N)c1OC. The smallest absolute Gasteiger partial charge is 0.125 e. The Hall–Kier alpha value is -0.730. The van der Waals surface area contributed by atoms with E-state index in [-0.39, 0.29) is 5.54 Å². The summed E-state index contributed by atoms with van der Waals surface area (Å²) in [7, 11) is 1.69. The largest absolute Gasteiger partial charge is 0.496 e. The van der Waals surface area contributed by atoms with Crippen LogP contribution in [0.15, 0.2) is 12.1 Å². The predicted octanol–water partition coefficient (Wildman–Crippen LogP) is 3.19. The molecule has 0 saturated heterocycles. The Labute approximate surface area is 103 Å². The van der Waals surface area contributed by atoms with Crippen molar-refractivity contribution in [3.8, 4) is 5.75 Å². The van der Waals surface area contributed by atoms with E-state index < -0.39 is 0 Å². The van der Waals surface area contributed by atoms with Gasteiger partial charge in [0.2, 0.25) is 0 Å². The third-order valence-electron chi connectivity index (χ3n) is 2.44. The molecule has 3 heteroatoms. The minimum Gasteiger partial charge on any atom is -0.496 e. The van der Waals surface area contributed by atoms with Gasteiger partial charge in [0.1, 0.15) is 5.75 Å². The second-order valence-corrected chi connectivity index (χ2v) is 5.21. The van der Waals surface area contributed by atoms with Crippen LogP contribution in [0.1, 0.15) is 31.9 Å². The van der Waals surface area contributed by atoms with Crippen LogP contribution >= 0.6 is 11.6 Å². The van der Waals surface area contributed by atoms with Gasteiger partial charge in [-0.15, -0.1) is 0 Å². The van der Waals surface area contributed by atoms with Crippen LogP contribution in [0, 0.1) is 0 Å². The molecule has 1 aromatic carbocycles. The molecule has 0 radical (unpaired) electrons. The summed E-state index contributed by atoms with van der Waals surface area (Å²) in [5.74, 6) is 0.922. The lowest BCUT2D eigenvalue weighted by Crippen LogP contribution is -2.34. The number of hydrogen-bond acceptors (Lipinski definition) is 2. The zero-order valence-corrected chi connectivity index (χ0v) is 11.2. The zero-order chi connectivity index (χ0) is 12.3. The van der Waals surface area contributed by atoms with Gasteiger partial charge < -0.3 is 10.5 Å². The quantitative estimate of drug-likeness (QED) is 0.879. The van der Waals surface area contributed by atoms with Gasteiger partial charge in [0.15, 0.2) is 0 Å². The number of benzene rings is 1. The van der Waals surface area contributed by atoms with E-state index >= 15 is 0 Å². The maximum Gasteiger partial charge on any atom is 0.125 e. The van der Waals surface area contributed by atoms with Crippen molar-refractivity contribution in [2.75, 3.05) is 7.11 Å². The highest BCUT2D eigenvalue weighted by molar-refractivity contribution is 6.30. The van der Waals surface area contributed by atoms with Gasteiger partial charge in [0, 0.05) is 10.6 Å². The average molecular weight is 242 g/mol. The number of rotatable bonds is 4. The first-order chi connectivity index (χ1) is 7.37. The van der Waals surface area contributed by atoms with Crippen LogP contribution in [0.4, 0.5) is 0 Å². The minimum atomic E-state index is -0.261. The highest BCUT2D eigenvalue weighted by atomic mass is 35.5. The van der Waals surface area contributed by atoms with Gasteiger partial charge in [0.05, 0.1) is 7.11 Å². The second-order valence-electron chi connectivity index (χ2n) is 4.78. The van der Waals surface area contributed by atoms with Crippen LogP contribution < -0.4 is 10.5 Å². The lowest BCUT2D eigenvalue weighted by Gasteiger charge is -2.21. The Kier molecular flexibility index (Phi) is 4.22. The molecular weight excluding hydrogens is 222 g/mol. The van der Waals surface area contributed by atoms with E-state index in [1.165, 1.54) is 0 Å². The molecule has 1 rings (SSSR count). The molecule has 2 nitrogen and oxygen atoms in total. The number of halogens is 1. The van der Waals surface area contributed by atoms with Gasteiger partial charge in [-0.1, -0.05) is 18.5 Å². The Bertz CT molecular complexity index is 369. The number of hydrogen-bond donors (Lipinski definition) is 1. The first-order valence-corrected chi connectivity index (χ1v) is 5.89. The first kappa shape index (κ1) is 13.3. The van der Waals surface area contributed by atoms with Crippen LogP contribution in [0.2, 0.25) is 5.02 Å². The van der Waals surface area contributed by atoms with Gasteiger partial charge in [0.25, 0.3) is 0 Å². The summed E-state index contributed by atoms with van der Waals surface area (Å²) < 4.78 is 5.45. The van der Waals surface area contributed by atoms with E-state index in [0.29, 0.717) is 0 Å². The van der Waals surface area contributed by atoms with E-state index in [9.17, 15) is 0 Å². The van der Waals surface area contributed by atoms with E-state index in [0.717, 1.165) is 34.7 Å². The molecule has 0 atom stereocenters. The van der Waals surface area contributed by atoms with Crippen molar-refractivity contribution in [2.24, 2.45) is 5.73 Å². The van der Waals surface area contributed by atoms with Gasteiger partial charge >= 0.3 is 0 Å². The maximum absolute atomic E-state index is 6.09. The number of methoxy groups -OCH3 is 1. The Morgan fingerprint density at radius 1 is 1.31 bits per heavy atom. The Morgan fingerprint density at radius 2 is 1.88 bits per heavy atom. The van der Waals surface area contributed by atoms with Gasteiger partial charge in [-0.05, 0) is 49.9 Å². The molecular formula is C13H20ClNO. The summed E-state index contributed by atoms with van der Waals surface area (Å²) in [6.45, 7) is 6.09. The van der Waals surface area contributed by atoms with Crippen molar-refractivity contribution in [1.29, 1.82) is 0 Å². The average Bonchev–Trinajstić information content (AvgIpc) is 2.14. The van der Waals surface area contributed by atoms with Crippen LogP contribution in [0.5, 0.6) is 5.75 Å². The summed E-state index contributed by atoms with van der Waals surface area (Å²) in [4.78, 5) is 0. The van der Waals surface area contributed by atoms with Gasteiger partial charge in [-0.3, -0.25) is 0 Å². The first-order valence-electron chi connectivity index (χ1n) is 5.51. The van der Waals surface area contributed by atoms with Gasteiger partial charge in [-0.25, -0.2) is 0 Å². The van der Waals surface area contributed by atoms with Crippen molar-refractivity contribution in [1.82, 2.24) is 0 Å². The van der Waals surface area contributed by atoms with Crippen molar-refractivity contribution in [3.63, 3.8) is 0 Å². The molecule has 0 unspecified atom stereocenters. The third-order valence-corrected chi connectivity index (χ3v) is 2.66. The Morgan fingerprint density at radius 3 is 2.31 bits per heavy atom. The molecule has 0 heterocycles. The topological polar surface area (TPSA) is 35.2 Å². The highest BCUT2D eigenvalue weighted by Gasteiger charge is 2.17. The molecule has 0 amide bonds. The lowest BCUT2D eigenvalue weighted by atomic mass is 9.93. The van der Waals surface area contributed by atoms with Crippen LogP contribution in [-0.2, 0) is 12.8 Å². The molecule has 1 aromatic rings. The van der Waals surface area contributed by atoms with Crippen molar-refractivity contribution in [3.05, 3.63) is 28.3 Å². The summed E-state index contributed by atoms with van der Waals surface area (Å²) >= 11 is 6.09. The standard InChI is InChI=1S/C13H20ClNO/c1-5-9-6-11(14)7-10(12(9)16-4)8-13(2,3)15/h6-7H,5,8,15H2,1-4H3. The highest BCUT2D eigenvalue weighted by Crippen LogP contribution is 2.30. The molecule has 90 valence electrons. The van der Waals surface area contributed by atoms with Gasteiger partial charge in [-0.2, -0.15) is 0 Å². The van der Waals surface area contributed by atoms with E-state index in [1.807, 2.05) is 26.0 Å². The lowest BCUT2D eigenvalue weighted by molar-refractivity contribution is 0.398. The summed E-state index contributed by atoms with van der Waals surface area (Å²) in [5, 5.41) is 0.747. The molecule has 0 bridgehead atoms. The summed E-state index contributed by atoms with van der Waals surface area (Å²) in [6.07, 6.45) is 1.66. The van der Waals surface area contributed by atoms with E-state index in [4.69, 9.17) is 22.1 Å². The number of ether oxygens (including phenoxy) is 1. The second kappa shape index (κ2) is 5.07. The molecule has 0 aliphatic heterocycles. The van der Waals surface area contributed by atoms with Crippen LogP contribution in [0.25, 0.3) is 0 Å². The molecule has 0 saturated carbocycles. The van der Waals surface area contributed by atoms with E-state index in [1.54, 1.807) is 7.11 Å². The Balaban J connectivity index is 3.20. The predicted molar refractivity (Wildman–Crippen MR) is 69.4 cm³/mol. The minimum absolute atomic E-state index is 0.261. The molecule has 16 heavy (non-hydrogen) atoms. The van der Waals surface area contributed by atoms with Crippen LogP contribution in [-0.4, -0.2) is 12.6 Å². The number of aryl methyl sites for hydroxylation is 1. The molecule has 0 fully saturated rings. The van der Waals surface area contributed by atoms with E-state index in [2.05, 4.69) is 6.92 Å². The fourth-order valence-corrected chi connectivity index (χ4v) is 2.12. The normalized spacial score (nSPS) is 11.6. The molecule has 0 aliphatic rings. The molecule has 0 aliphatic carbocycles.